The van der Waals surface area contributed by atoms with Crippen molar-refractivity contribution in [3.05, 3.63) is 35.4 Å². The Morgan fingerprint density at radius 3 is 2.50 bits per heavy atom. The topological polar surface area (TPSA) is 38.0 Å². The highest BCUT2D eigenvalue weighted by molar-refractivity contribution is 5.21. The average Bonchev–Trinajstić information content (AvgIpc) is 2.89. The second-order valence-corrected chi connectivity index (χ2v) is 5.77. The van der Waals surface area contributed by atoms with Gasteiger partial charge in [0.05, 0.1) is 0 Å². The summed E-state index contributed by atoms with van der Waals surface area (Å²) in [5.74, 6) is 6.60. The van der Waals surface area contributed by atoms with Crippen LogP contribution in [0.5, 0.6) is 0 Å². The van der Waals surface area contributed by atoms with E-state index >= 15 is 0 Å². The molecular formula is C16H26N2. The van der Waals surface area contributed by atoms with Crippen molar-refractivity contribution < 1.29 is 0 Å². The molecule has 1 saturated carbocycles. The van der Waals surface area contributed by atoms with Crippen LogP contribution >= 0.6 is 0 Å². The van der Waals surface area contributed by atoms with E-state index in [9.17, 15) is 0 Å². The molecule has 1 aliphatic carbocycles. The van der Waals surface area contributed by atoms with Gasteiger partial charge in [0.1, 0.15) is 0 Å². The van der Waals surface area contributed by atoms with Crippen LogP contribution in [0.25, 0.3) is 0 Å². The molecule has 0 amide bonds. The monoisotopic (exact) mass is 246 g/mol. The van der Waals surface area contributed by atoms with E-state index in [2.05, 4.69) is 36.6 Å². The second-order valence-electron chi connectivity index (χ2n) is 5.77. The second kappa shape index (κ2) is 6.91. The summed E-state index contributed by atoms with van der Waals surface area (Å²) >= 11 is 0. The molecule has 0 aliphatic heterocycles. The Labute approximate surface area is 111 Å². The van der Waals surface area contributed by atoms with Crippen molar-refractivity contribution in [3.63, 3.8) is 0 Å². The number of rotatable bonds is 6. The van der Waals surface area contributed by atoms with Gasteiger partial charge in [-0.05, 0) is 37.7 Å². The van der Waals surface area contributed by atoms with Crippen LogP contribution in [0.2, 0.25) is 0 Å². The molecule has 2 rings (SSSR count). The lowest BCUT2D eigenvalue weighted by atomic mass is 9.94. The van der Waals surface area contributed by atoms with E-state index in [4.69, 9.17) is 5.84 Å². The molecule has 0 radical (unpaired) electrons. The normalized spacial score (nSPS) is 18.1. The maximum absolute atomic E-state index is 5.69. The van der Waals surface area contributed by atoms with Crippen LogP contribution in [-0.2, 0) is 6.42 Å². The number of nitrogens with two attached hydrogens (primary N) is 1. The summed E-state index contributed by atoms with van der Waals surface area (Å²) in [7, 11) is 0. The molecule has 0 bridgehead atoms. The largest absolute Gasteiger partial charge is 0.271 e. The molecule has 100 valence electrons. The van der Waals surface area contributed by atoms with Crippen molar-refractivity contribution >= 4 is 0 Å². The molecule has 1 aromatic carbocycles. The third-order valence-corrected chi connectivity index (χ3v) is 4.23. The number of hydrogen-bond donors (Lipinski definition) is 2. The van der Waals surface area contributed by atoms with Crippen LogP contribution in [0, 0.1) is 12.8 Å². The maximum atomic E-state index is 5.69. The number of hydrazine groups is 1. The highest BCUT2D eigenvalue weighted by atomic mass is 15.2. The summed E-state index contributed by atoms with van der Waals surface area (Å²) in [5, 5.41) is 0. The first-order valence-corrected chi connectivity index (χ1v) is 7.29. The minimum Gasteiger partial charge on any atom is -0.271 e. The summed E-state index contributed by atoms with van der Waals surface area (Å²) in [6.45, 7) is 2.13. The van der Waals surface area contributed by atoms with Gasteiger partial charge in [-0.2, -0.15) is 0 Å². The first kappa shape index (κ1) is 13.6. The van der Waals surface area contributed by atoms with Gasteiger partial charge in [0.25, 0.3) is 0 Å². The highest BCUT2D eigenvalue weighted by Gasteiger charge is 2.19. The maximum Gasteiger partial charge on any atom is 0.0216 e. The van der Waals surface area contributed by atoms with Crippen molar-refractivity contribution in [2.75, 3.05) is 0 Å². The molecule has 0 aromatic heterocycles. The fourth-order valence-corrected chi connectivity index (χ4v) is 3.01. The van der Waals surface area contributed by atoms with Crippen molar-refractivity contribution in [2.45, 2.75) is 57.9 Å². The zero-order valence-electron chi connectivity index (χ0n) is 11.5. The Kier molecular flexibility index (Phi) is 5.21. The molecule has 0 saturated heterocycles. The average molecular weight is 246 g/mol. The van der Waals surface area contributed by atoms with Crippen LogP contribution in [0.15, 0.2) is 24.3 Å². The van der Waals surface area contributed by atoms with Gasteiger partial charge in [-0.25, -0.2) is 0 Å². The van der Waals surface area contributed by atoms with Crippen LogP contribution in [0.1, 0.15) is 49.7 Å². The molecule has 18 heavy (non-hydrogen) atoms. The van der Waals surface area contributed by atoms with Gasteiger partial charge in [-0.1, -0.05) is 55.5 Å². The van der Waals surface area contributed by atoms with Gasteiger partial charge in [0.2, 0.25) is 0 Å². The number of aryl methyl sites for hydroxylation is 2. The van der Waals surface area contributed by atoms with Crippen LogP contribution in [-0.4, -0.2) is 6.04 Å². The molecule has 1 atom stereocenters. The van der Waals surface area contributed by atoms with Crippen molar-refractivity contribution in [1.29, 1.82) is 0 Å². The molecule has 1 unspecified atom stereocenters. The van der Waals surface area contributed by atoms with Gasteiger partial charge in [-0.3, -0.25) is 11.3 Å². The Hall–Kier alpha value is -0.860. The van der Waals surface area contributed by atoms with E-state index in [-0.39, 0.29) is 0 Å². The standard InChI is InChI=1S/C16H26N2/c1-13-6-8-14(9-7-13)10-11-16(18-17)12-15-4-2-3-5-15/h6-9,15-16,18H,2-5,10-12,17H2,1H3. The Morgan fingerprint density at radius 1 is 1.22 bits per heavy atom. The summed E-state index contributed by atoms with van der Waals surface area (Å²) in [6.07, 6.45) is 9.17. The van der Waals surface area contributed by atoms with Crippen molar-refractivity contribution in [3.8, 4) is 0 Å². The first-order valence-electron chi connectivity index (χ1n) is 7.29. The number of benzene rings is 1. The lowest BCUT2D eigenvalue weighted by molar-refractivity contribution is 0.375. The van der Waals surface area contributed by atoms with E-state index in [0.29, 0.717) is 6.04 Å². The molecular weight excluding hydrogens is 220 g/mol. The van der Waals surface area contributed by atoms with Gasteiger partial charge in [-0.15, -0.1) is 0 Å². The Bertz CT molecular complexity index is 339. The Morgan fingerprint density at radius 2 is 1.89 bits per heavy atom. The molecule has 0 heterocycles. The first-order chi connectivity index (χ1) is 8.78. The van der Waals surface area contributed by atoms with Crippen LogP contribution in [0.3, 0.4) is 0 Å². The SMILES string of the molecule is Cc1ccc(CCC(CC2CCCC2)NN)cc1. The number of hydrogen-bond acceptors (Lipinski definition) is 2. The van der Waals surface area contributed by atoms with Gasteiger partial charge < -0.3 is 0 Å². The third-order valence-electron chi connectivity index (χ3n) is 4.23. The molecule has 2 heteroatoms. The van der Waals surface area contributed by atoms with Crippen LogP contribution < -0.4 is 11.3 Å². The highest BCUT2D eigenvalue weighted by Crippen LogP contribution is 2.29. The lowest BCUT2D eigenvalue weighted by Gasteiger charge is -2.19. The molecule has 1 aromatic rings. The van der Waals surface area contributed by atoms with Crippen LogP contribution in [0.4, 0.5) is 0 Å². The zero-order chi connectivity index (χ0) is 12.8. The minimum absolute atomic E-state index is 0.481. The van der Waals surface area contributed by atoms with Gasteiger partial charge in [0, 0.05) is 6.04 Å². The van der Waals surface area contributed by atoms with Crippen molar-refractivity contribution in [2.24, 2.45) is 11.8 Å². The molecule has 0 spiro atoms. The van der Waals surface area contributed by atoms with Gasteiger partial charge in [0.15, 0.2) is 0 Å². The third kappa shape index (κ3) is 4.11. The predicted molar refractivity (Wildman–Crippen MR) is 77.2 cm³/mol. The molecule has 1 aliphatic rings. The van der Waals surface area contributed by atoms with E-state index in [1.54, 1.807) is 0 Å². The van der Waals surface area contributed by atoms with E-state index in [1.807, 2.05) is 0 Å². The summed E-state index contributed by atoms with van der Waals surface area (Å²) in [6, 6.07) is 9.33. The Balaban J connectivity index is 1.77. The molecule has 1 fully saturated rings. The summed E-state index contributed by atoms with van der Waals surface area (Å²) < 4.78 is 0. The summed E-state index contributed by atoms with van der Waals surface area (Å²) in [5.41, 5.74) is 5.77. The summed E-state index contributed by atoms with van der Waals surface area (Å²) in [4.78, 5) is 0. The molecule has 2 nitrogen and oxygen atoms in total. The van der Waals surface area contributed by atoms with E-state index in [1.165, 1.54) is 43.2 Å². The molecule has 3 N–H and O–H groups in total. The fraction of sp³-hybridized carbons (Fsp3) is 0.625. The minimum atomic E-state index is 0.481. The quantitative estimate of drug-likeness (QED) is 0.597. The van der Waals surface area contributed by atoms with E-state index < -0.39 is 0 Å². The predicted octanol–water partition coefficient (Wildman–Crippen LogP) is 3.34. The van der Waals surface area contributed by atoms with E-state index in [0.717, 1.165) is 18.8 Å². The zero-order valence-corrected chi connectivity index (χ0v) is 11.5. The lowest BCUT2D eigenvalue weighted by Crippen LogP contribution is -2.36. The fourth-order valence-electron chi connectivity index (χ4n) is 3.01. The number of nitrogens with one attached hydrogen (secondary N) is 1. The van der Waals surface area contributed by atoms with Crippen molar-refractivity contribution in [1.82, 2.24) is 5.43 Å². The smallest absolute Gasteiger partial charge is 0.0216 e. The van der Waals surface area contributed by atoms with Gasteiger partial charge >= 0.3 is 0 Å².